The van der Waals surface area contributed by atoms with Gasteiger partial charge in [0.15, 0.2) is 0 Å². The van der Waals surface area contributed by atoms with E-state index < -0.39 is 22.2 Å². The maximum absolute atomic E-state index is 12.9. The van der Waals surface area contributed by atoms with E-state index in [-0.39, 0.29) is 10.9 Å². The van der Waals surface area contributed by atoms with Crippen LogP contribution in [0.4, 0.5) is 0 Å². The third-order valence-corrected chi connectivity index (χ3v) is 6.20. The van der Waals surface area contributed by atoms with Crippen molar-refractivity contribution in [1.82, 2.24) is 4.31 Å². The molecule has 0 amide bonds. The fourth-order valence-corrected chi connectivity index (χ4v) is 4.78. The number of aliphatic hydroxyl groups is 1. The fraction of sp³-hybridized carbons (Fsp3) is 0.500. The monoisotopic (exact) mass is 309 g/mol. The molecule has 0 aromatic heterocycles. The van der Waals surface area contributed by atoms with E-state index in [1.54, 1.807) is 37.3 Å². The smallest absolute Gasteiger partial charge is 0.243 e. The number of benzene rings is 1. The molecule has 0 aliphatic carbocycles. The molecule has 1 aliphatic rings. The quantitative estimate of drug-likeness (QED) is 0.869. The Bertz CT molecular complexity index is 594. The van der Waals surface area contributed by atoms with E-state index in [4.69, 9.17) is 0 Å². The van der Waals surface area contributed by atoms with Crippen molar-refractivity contribution in [2.24, 2.45) is 0 Å². The summed E-state index contributed by atoms with van der Waals surface area (Å²) in [6.45, 7) is 7.41. The molecule has 1 N–H and O–H groups in total. The molecule has 3 atom stereocenters. The van der Waals surface area contributed by atoms with Crippen LogP contribution in [-0.4, -0.2) is 36.0 Å². The molecule has 1 heterocycles. The van der Waals surface area contributed by atoms with E-state index in [9.17, 15) is 13.5 Å². The van der Waals surface area contributed by atoms with Crippen LogP contribution in [0.15, 0.2) is 41.8 Å². The summed E-state index contributed by atoms with van der Waals surface area (Å²) in [5, 5.41) is 10.1. The average molecular weight is 309 g/mol. The highest BCUT2D eigenvalue weighted by Gasteiger charge is 2.41. The van der Waals surface area contributed by atoms with Gasteiger partial charge in [-0.1, -0.05) is 23.8 Å². The first-order chi connectivity index (χ1) is 9.87. The summed E-state index contributed by atoms with van der Waals surface area (Å²) in [7, 11) is -3.61. The topological polar surface area (TPSA) is 57.6 Å². The van der Waals surface area contributed by atoms with Crippen LogP contribution < -0.4 is 0 Å². The molecule has 2 rings (SSSR count). The number of hydrogen-bond acceptors (Lipinski definition) is 3. The van der Waals surface area contributed by atoms with Crippen molar-refractivity contribution >= 4 is 10.0 Å². The van der Waals surface area contributed by atoms with E-state index in [0.29, 0.717) is 19.3 Å². The minimum absolute atomic E-state index is 0.132. The molecule has 0 unspecified atom stereocenters. The number of aliphatic hydroxyl groups excluding tert-OH is 1. The molecule has 1 aromatic carbocycles. The lowest BCUT2D eigenvalue weighted by Gasteiger charge is -2.41. The Morgan fingerprint density at radius 2 is 1.95 bits per heavy atom. The lowest BCUT2D eigenvalue weighted by Crippen LogP contribution is -2.54. The highest BCUT2D eigenvalue weighted by atomic mass is 32.2. The maximum Gasteiger partial charge on any atom is 0.243 e. The Morgan fingerprint density at radius 3 is 2.52 bits per heavy atom. The fourth-order valence-electron chi connectivity index (χ4n) is 2.89. The van der Waals surface area contributed by atoms with Gasteiger partial charge in [-0.15, -0.1) is 6.58 Å². The highest BCUT2D eigenvalue weighted by molar-refractivity contribution is 7.89. The van der Waals surface area contributed by atoms with Crippen molar-refractivity contribution in [2.45, 2.75) is 56.2 Å². The molecule has 21 heavy (non-hydrogen) atoms. The lowest BCUT2D eigenvalue weighted by molar-refractivity contribution is 0.0351. The van der Waals surface area contributed by atoms with Gasteiger partial charge in [0, 0.05) is 12.1 Å². The maximum atomic E-state index is 12.9. The second-order valence-corrected chi connectivity index (χ2v) is 7.55. The molecular weight excluding hydrogens is 286 g/mol. The predicted octanol–water partition coefficient (Wildman–Crippen LogP) is 2.47. The molecule has 116 valence electrons. The summed E-state index contributed by atoms with van der Waals surface area (Å²) in [6.07, 6.45) is 3.00. The molecule has 0 bridgehead atoms. The second-order valence-electron chi connectivity index (χ2n) is 5.71. The summed E-state index contributed by atoms with van der Waals surface area (Å²) < 4.78 is 27.3. The zero-order valence-corrected chi connectivity index (χ0v) is 13.4. The highest BCUT2D eigenvalue weighted by Crippen LogP contribution is 2.31. The minimum Gasteiger partial charge on any atom is -0.391 e. The Balaban J connectivity index is 2.42. The third kappa shape index (κ3) is 3.20. The van der Waals surface area contributed by atoms with Crippen molar-refractivity contribution in [2.75, 3.05) is 0 Å². The van der Waals surface area contributed by atoms with Crippen LogP contribution in [0.5, 0.6) is 0 Å². The van der Waals surface area contributed by atoms with Gasteiger partial charge in [0.25, 0.3) is 0 Å². The Kier molecular flexibility index (Phi) is 4.86. The van der Waals surface area contributed by atoms with Crippen LogP contribution in [-0.2, 0) is 10.0 Å². The molecule has 0 radical (unpaired) electrons. The molecule has 1 saturated heterocycles. The van der Waals surface area contributed by atoms with Gasteiger partial charge < -0.3 is 5.11 Å². The Hall–Kier alpha value is -1.17. The molecule has 0 spiro atoms. The normalized spacial score (nSPS) is 27.5. The number of aryl methyl sites for hydroxylation is 1. The van der Waals surface area contributed by atoms with Crippen LogP contribution in [0, 0.1) is 6.92 Å². The summed E-state index contributed by atoms with van der Waals surface area (Å²) in [5.74, 6) is 0. The van der Waals surface area contributed by atoms with Gasteiger partial charge in [-0.3, -0.25) is 0 Å². The van der Waals surface area contributed by atoms with Crippen molar-refractivity contribution < 1.29 is 13.5 Å². The Morgan fingerprint density at radius 1 is 1.33 bits per heavy atom. The SMILES string of the molecule is C=CC[C@H]1CC[C@H](O)[C@H](C)N1S(=O)(=O)c1ccc(C)cc1. The summed E-state index contributed by atoms with van der Waals surface area (Å²) in [5.41, 5.74) is 1.02. The lowest BCUT2D eigenvalue weighted by atomic mass is 9.95. The van der Waals surface area contributed by atoms with Crippen molar-refractivity contribution in [3.05, 3.63) is 42.5 Å². The average Bonchev–Trinajstić information content (AvgIpc) is 2.43. The van der Waals surface area contributed by atoms with Crippen LogP contribution in [0.3, 0.4) is 0 Å². The van der Waals surface area contributed by atoms with Gasteiger partial charge in [-0.25, -0.2) is 8.42 Å². The minimum atomic E-state index is -3.61. The van der Waals surface area contributed by atoms with Crippen LogP contribution in [0.25, 0.3) is 0 Å². The van der Waals surface area contributed by atoms with Gasteiger partial charge in [0.1, 0.15) is 0 Å². The van der Waals surface area contributed by atoms with Crippen molar-refractivity contribution in [3.63, 3.8) is 0 Å². The van der Waals surface area contributed by atoms with E-state index >= 15 is 0 Å². The van der Waals surface area contributed by atoms with Crippen LogP contribution in [0.2, 0.25) is 0 Å². The van der Waals surface area contributed by atoms with Crippen molar-refractivity contribution in [3.8, 4) is 0 Å². The zero-order chi connectivity index (χ0) is 15.6. The van der Waals surface area contributed by atoms with E-state index in [0.717, 1.165) is 5.56 Å². The standard InChI is InChI=1S/C16H23NO3S/c1-4-5-14-8-11-16(18)13(3)17(14)21(19,20)15-9-6-12(2)7-10-15/h4,6-7,9-10,13-14,16,18H,1,5,8,11H2,2-3H3/t13-,14-,16-/m0/s1. The summed E-state index contributed by atoms with van der Waals surface area (Å²) in [4.78, 5) is 0.281. The molecule has 4 nitrogen and oxygen atoms in total. The number of rotatable bonds is 4. The van der Waals surface area contributed by atoms with Gasteiger partial charge in [-0.2, -0.15) is 4.31 Å². The van der Waals surface area contributed by atoms with E-state index in [1.807, 2.05) is 6.92 Å². The number of nitrogens with zero attached hydrogens (tertiary/aromatic N) is 1. The van der Waals surface area contributed by atoms with Gasteiger partial charge in [0.2, 0.25) is 10.0 Å². The van der Waals surface area contributed by atoms with Gasteiger partial charge in [0.05, 0.1) is 11.0 Å². The van der Waals surface area contributed by atoms with Gasteiger partial charge >= 0.3 is 0 Å². The first-order valence-corrected chi connectivity index (χ1v) is 8.71. The molecular formula is C16H23NO3S. The summed E-state index contributed by atoms with van der Waals surface area (Å²) >= 11 is 0. The Labute approximate surface area is 127 Å². The molecule has 0 saturated carbocycles. The molecule has 1 aromatic rings. The van der Waals surface area contributed by atoms with Crippen LogP contribution in [0.1, 0.15) is 31.7 Å². The van der Waals surface area contributed by atoms with E-state index in [1.165, 1.54) is 4.31 Å². The molecule has 1 fully saturated rings. The number of sulfonamides is 1. The molecule has 1 aliphatic heterocycles. The number of hydrogen-bond donors (Lipinski definition) is 1. The first-order valence-electron chi connectivity index (χ1n) is 7.27. The zero-order valence-electron chi connectivity index (χ0n) is 12.6. The second kappa shape index (κ2) is 6.30. The van der Waals surface area contributed by atoms with Crippen molar-refractivity contribution in [1.29, 1.82) is 0 Å². The third-order valence-electron chi connectivity index (χ3n) is 4.15. The first kappa shape index (κ1) is 16.2. The van der Waals surface area contributed by atoms with Gasteiger partial charge in [-0.05, 0) is 45.2 Å². The largest absolute Gasteiger partial charge is 0.391 e. The number of piperidine rings is 1. The molecule has 5 heteroatoms. The van der Waals surface area contributed by atoms with E-state index in [2.05, 4.69) is 6.58 Å². The summed E-state index contributed by atoms with van der Waals surface area (Å²) in [6, 6.07) is 6.29. The van der Waals surface area contributed by atoms with Crippen LogP contribution >= 0.6 is 0 Å². The predicted molar refractivity (Wildman–Crippen MR) is 83.5 cm³/mol.